The molecule has 0 radical (unpaired) electrons. The van der Waals surface area contributed by atoms with Crippen molar-refractivity contribution in [3.05, 3.63) is 23.3 Å². The van der Waals surface area contributed by atoms with Crippen LogP contribution in [0, 0.1) is 17.6 Å². The summed E-state index contributed by atoms with van der Waals surface area (Å²) in [5.41, 5.74) is -0.485. The van der Waals surface area contributed by atoms with Crippen LogP contribution in [-0.2, 0) is 18.0 Å². The van der Waals surface area contributed by atoms with Gasteiger partial charge in [0.15, 0.2) is 4.77 Å². The van der Waals surface area contributed by atoms with Gasteiger partial charge in [-0.25, -0.2) is 9.48 Å². The molecule has 1 aliphatic heterocycles. The highest BCUT2D eigenvalue weighted by Gasteiger charge is 2.29. The average Bonchev–Trinajstić information content (AvgIpc) is 2.86. The third kappa shape index (κ3) is 6.67. The van der Waals surface area contributed by atoms with E-state index in [-0.39, 0.29) is 12.1 Å². The molecule has 29 heavy (non-hydrogen) atoms. The van der Waals surface area contributed by atoms with E-state index in [0.717, 1.165) is 36.5 Å². The number of ether oxygens (including phenoxy) is 1. The molecular formula is C21H37N5O2S. The predicted molar refractivity (Wildman–Crippen MR) is 118 cm³/mol. The normalized spacial score (nSPS) is 18.1. The maximum absolute atomic E-state index is 12.6. The lowest BCUT2D eigenvalue weighted by Gasteiger charge is -2.37. The number of hydrogen-bond donors (Lipinski definition) is 0. The molecule has 1 saturated heterocycles. The van der Waals surface area contributed by atoms with Gasteiger partial charge in [-0.1, -0.05) is 6.08 Å². The maximum atomic E-state index is 12.6. The number of aryl methyl sites for hydroxylation is 1. The third-order valence-electron chi connectivity index (χ3n) is 5.06. The minimum Gasteiger partial charge on any atom is -0.444 e. The number of amides is 1. The first-order chi connectivity index (χ1) is 13.5. The fourth-order valence-corrected chi connectivity index (χ4v) is 4.00. The smallest absolute Gasteiger partial charge is 0.410 e. The van der Waals surface area contributed by atoms with Gasteiger partial charge in [-0.15, -0.1) is 6.58 Å². The molecule has 0 saturated carbocycles. The number of carbonyl (C=O) groups excluding carboxylic acids is 1. The number of aromatic nitrogens is 3. The van der Waals surface area contributed by atoms with Crippen molar-refractivity contribution < 1.29 is 9.53 Å². The molecule has 0 bridgehead atoms. The van der Waals surface area contributed by atoms with Crippen molar-refractivity contribution in [1.82, 2.24) is 24.1 Å². The molecule has 8 heteroatoms. The number of likely N-dealkylation sites (tertiary alicyclic amines) is 1. The Labute approximate surface area is 180 Å². The van der Waals surface area contributed by atoms with Gasteiger partial charge in [-0.2, -0.15) is 5.10 Å². The van der Waals surface area contributed by atoms with Crippen LogP contribution in [0.25, 0.3) is 0 Å². The van der Waals surface area contributed by atoms with Crippen molar-refractivity contribution in [3.63, 3.8) is 0 Å². The molecular weight excluding hydrogens is 386 g/mol. The van der Waals surface area contributed by atoms with Crippen molar-refractivity contribution in [2.75, 3.05) is 19.6 Å². The third-order valence-corrected chi connectivity index (χ3v) is 5.49. The van der Waals surface area contributed by atoms with Crippen LogP contribution in [0.1, 0.15) is 53.3 Å². The van der Waals surface area contributed by atoms with Gasteiger partial charge in [-0.3, -0.25) is 4.90 Å². The van der Waals surface area contributed by atoms with Crippen molar-refractivity contribution >= 4 is 18.3 Å². The Hall–Kier alpha value is -1.67. The Morgan fingerprint density at radius 2 is 2.14 bits per heavy atom. The van der Waals surface area contributed by atoms with Crippen LogP contribution < -0.4 is 0 Å². The van der Waals surface area contributed by atoms with E-state index in [2.05, 4.69) is 16.6 Å². The molecule has 7 nitrogen and oxygen atoms in total. The Bertz CT molecular complexity index is 762. The summed E-state index contributed by atoms with van der Waals surface area (Å²) in [4.78, 5) is 16.9. The molecule has 1 fully saturated rings. The van der Waals surface area contributed by atoms with Crippen molar-refractivity contribution in [2.45, 2.75) is 79.2 Å². The van der Waals surface area contributed by atoms with Gasteiger partial charge in [0, 0.05) is 25.7 Å². The van der Waals surface area contributed by atoms with Gasteiger partial charge in [0.2, 0.25) is 0 Å². The molecule has 0 spiro atoms. The highest BCUT2D eigenvalue weighted by molar-refractivity contribution is 7.71. The summed E-state index contributed by atoms with van der Waals surface area (Å²) in [5.74, 6) is 1.31. The molecule has 1 aliphatic rings. The fourth-order valence-electron chi connectivity index (χ4n) is 3.69. The zero-order chi connectivity index (χ0) is 21.8. The largest absolute Gasteiger partial charge is 0.444 e. The highest BCUT2D eigenvalue weighted by atomic mass is 32.1. The van der Waals surface area contributed by atoms with Crippen LogP contribution in [0.15, 0.2) is 12.7 Å². The Morgan fingerprint density at radius 1 is 1.45 bits per heavy atom. The summed E-state index contributed by atoms with van der Waals surface area (Å²) in [5, 5.41) is 4.61. The lowest BCUT2D eigenvalue weighted by Crippen LogP contribution is -2.47. The van der Waals surface area contributed by atoms with E-state index in [0.29, 0.717) is 25.7 Å². The van der Waals surface area contributed by atoms with Crippen molar-refractivity contribution in [3.8, 4) is 0 Å². The number of nitrogens with zero attached hydrogens (tertiary/aromatic N) is 5. The fraction of sp³-hybridized carbons (Fsp3) is 0.762. The van der Waals surface area contributed by atoms with E-state index < -0.39 is 5.60 Å². The summed E-state index contributed by atoms with van der Waals surface area (Å²) in [6, 6.07) is 0.103. The molecule has 1 aromatic heterocycles. The zero-order valence-electron chi connectivity index (χ0n) is 18.8. The molecule has 1 amide bonds. The number of carbonyl (C=O) groups is 1. The number of hydrogen-bond acceptors (Lipinski definition) is 5. The van der Waals surface area contributed by atoms with E-state index in [1.807, 2.05) is 61.8 Å². The Morgan fingerprint density at radius 3 is 2.72 bits per heavy atom. The van der Waals surface area contributed by atoms with Crippen molar-refractivity contribution in [1.29, 1.82) is 0 Å². The zero-order valence-corrected chi connectivity index (χ0v) is 19.7. The molecule has 2 heterocycles. The average molecular weight is 424 g/mol. The summed E-state index contributed by atoms with van der Waals surface area (Å²) in [6.45, 7) is 19.5. The monoisotopic (exact) mass is 423 g/mol. The molecule has 0 N–H and O–H groups in total. The lowest BCUT2D eigenvalue weighted by molar-refractivity contribution is 0.0108. The summed E-state index contributed by atoms with van der Waals surface area (Å²) >= 11 is 5.58. The SMILES string of the molecule is C=CCn1c(C)nn(CN2CCC[C@@H](CN(C(=O)OC(C)(C)C)C(C)C)C2)c1=S. The minimum absolute atomic E-state index is 0.103. The second-order valence-electron chi connectivity index (χ2n) is 9.18. The van der Waals surface area contributed by atoms with Crippen LogP contribution in [-0.4, -0.2) is 61.5 Å². The second kappa shape index (κ2) is 9.89. The van der Waals surface area contributed by atoms with Crippen LogP contribution in [0.2, 0.25) is 0 Å². The standard InChI is InChI=1S/C21H37N5O2S/c1-8-11-24-17(4)22-26(19(24)29)15-23-12-9-10-18(13-23)14-25(16(2)3)20(27)28-21(5,6)7/h8,16,18H,1,9-15H2,2-7H3/t18-/m1/s1. The first-order valence-corrected chi connectivity index (χ1v) is 10.9. The van der Waals surface area contributed by atoms with E-state index >= 15 is 0 Å². The molecule has 1 atom stereocenters. The molecule has 2 rings (SSSR count). The number of allylic oxidation sites excluding steroid dienone is 1. The summed E-state index contributed by atoms with van der Waals surface area (Å²) < 4.78 is 10.2. The summed E-state index contributed by atoms with van der Waals surface area (Å²) in [7, 11) is 0. The van der Waals surface area contributed by atoms with Crippen LogP contribution in [0.3, 0.4) is 0 Å². The number of piperidine rings is 1. The van der Waals surface area contributed by atoms with Gasteiger partial charge < -0.3 is 14.2 Å². The summed E-state index contributed by atoms with van der Waals surface area (Å²) in [6.07, 6.45) is 3.82. The topological polar surface area (TPSA) is 55.5 Å². The second-order valence-corrected chi connectivity index (χ2v) is 9.55. The first kappa shape index (κ1) is 23.6. The van der Waals surface area contributed by atoms with Gasteiger partial charge in [0.05, 0.1) is 6.67 Å². The van der Waals surface area contributed by atoms with E-state index in [4.69, 9.17) is 17.0 Å². The quantitative estimate of drug-likeness (QED) is 0.485. The van der Waals surface area contributed by atoms with Gasteiger partial charge in [0.25, 0.3) is 0 Å². The predicted octanol–water partition coefficient (Wildman–Crippen LogP) is 4.22. The van der Waals surface area contributed by atoms with Crippen LogP contribution in [0.5, 0.6) is 0 Å². The Balaban J connectivity index is 2.03. The molecule has 0 unspecified atom stereocenters. The molecule has 0 aromatic carbocycles. The van der Waals surface area contributed by atoms with Crippen molar-refractivity contribution in [2.24, 2.45) is 5.92 Å². The molecule has 164 valence electrons. The van der Waals surface area contributed by atoms with Crippen LogP contribution in [0.4, 0.5) is 4.79 Å². The van der Waals surface area contributed by atoms with Gasteiger partial charge >= 0.3 is 6.09 Å². The maximum Gasteiger partial charge on any atom is 0.410 e. The highest BCUT2D eigenvalue weighted by Crippen LogP contribution is 2.21. The Kier molecular flexibility index (Phi) is 8.05. The van der Waals surface area contributed by atoms with E-state index in [1.165, 1.54) is 0 Å². The molecule has 1 aromatic rings. The minimum atomic E-state index is -0.485. The van der Waals surface area contributed by atoms with E-state index in [9.17, 15) is 4.79 Å². The van der Waals surface area contributed by atoms with Crippen LogP contribution >= 0.6 is 12.2 Å². The van der Waals surface area contributed by atoms with Gasteiger partial charge in [-0.05, 0) is 79.1 Å². The first-order valence-electron chi connectivity index (χ1n) is 10.5. The van der Waals surface area contributed by atoms with E-state index in [1.54, 1.807) is 0 Å². The lowest BCUT2D eigenvalue weighted by atomic mass is 9.97. The number of rotatable bonds is 7. The molecule has 0 aliphatic carbocycles. The van der Waals surface area contributed by atoms with Gasteiger partial charge in [0.1, 0.15) is 11.4 Å².